The second-order valence-corrected chi connectivity index (χ2v) is 5.37. The van der Waals surface area contributed by atoms with Gasteiger partial charge in [0.25, 0.3) is 0 Å². The van der Waals surface area contributed by atoms with Crippen LogP contribution in [-0.4, -0.2) is 16.3 Å². The monoisotopic (exact) mass is 294 g/mol. The maximum Gasteiger partial charge on any atom is 0.247 e. The van der Waals surface area contributed by atoms with Crippen LogP contribution in [0.2, 0.25) is 0 Å². The first kappa shape index (κ1) is 14.3. The lowest BCUT2D eigenvalue weighted by molar-refractivity contribution is 0.243. The molecule has 0 unspecified atom stereocenters. The minimum atomic E-state index is 0.128. The van der Waals surface area contributed by atoms with Crippen molar-refractivity contribution in [3.63, 3.8) is 0 Å². The normalized spacial score (nSPS) is 10.9. The Morgan fingerprint density at radius 3 is 2.45 bits per heavy atom. The maximum absolute atomic E-state index is 5.90. The summed E-state index contributed by atoms with van der Waals surface area (Å²) in [6, 6.07) is 16.1. The highest BCUT2D eigenvalue weighted by Crippen LogP contribution is 2.32. The SMILES string of the molecule is Cc1nnc(-c2cccc(-c3ccccc3OC(C)C)c2)o1. The van der Waals surface area contributed by atoms with Crippen molar-refractivity contribution in [2.75, 3.05) is 0 Å². The number of para-hydroxylation sites is 1. The number of ether oxygens (including phenoxy) is 1. The molecule has 0 atom stereocenters. The summed E-state index contributed by atoms with van der Waals surface area (Å²) < 4.78 is 11.4. The van der Waals surface area contributed by atoms with Gasteiger partial charge in [-0.3, -0.25) is 0 Å². The van der Waals surface area contributed by atoms with Crippen LogP contribution in [-0.2, 0) is 0 Å². The second-order valence-electron chi connectivity index (χ2n) is 5.37. The summed E-state index contributed by atoms with van der Waals surface area (Å²) >= 11 is 0. The highest BCUT2D eigenvalue weighted by molar-refractivity contribution is 5.74. The van der Waals surface area contributed by atoms with Crippen LogP contribution in [0.25, 0.3) is 22.6 Å². The topological polar surface area (TPSA) is 48.2 Å². The van der Waals surface area contributed by atoms with Crippen LogP contribution in [0.1, 0.15) is 19.7 Å². The molecule has 4 heteroatoms. The van der Waals surface area contributed by atoms with Crippen LogP contribution in [0.5, 0.6) is 5.75 Å². The number of hydrogen-bond donors (Lipinski definition) is 0. The highest BCUT2D eigenvalue weighted by Gasteiger charge is 2.11. The zero-order chi connectivity index (χ0) is 15.5. The summed E-state index contributed by atoms with van der Waals surface area (Å²) in [6.07, 6.45) is 0.128. The average molecular weight is 294 g/mol. The van der Waals surface area contributed by atoms with E-state index in [0.29, 0.717) is 11.8 Å². The van der Waals surface area contributed by atoms with E-state index in [4.69, 9.17) is 9.15 Å². The quantitative estimate of drug-likeness (QED) is 0.711. The molecule has 0 saturated carbocycles. The Kier molecular flexibility index (Phi) is 3.92. The van der Waals surface area contributed by atoms with E-state index in [9.17, 15) is 0 Å². The third-order valence-corrected chi connectivity index (χ3v) is 3.20. The van der Waals surface area contributed by atoms with Gasteiger partial charge in [0, 0.05) is 18.1 Å². The van der Waals surface area contributed by atoms with Crippen molar-refractivity contribution in [3.05, 3.63) is 54.4 Å². The average Bonchev–Trinajstić information content (AvgIpc) is 2.94. The standard InChI is InChI=1S/C18H18N2O2/c1-12(2)21-17-10-5-4-9-16(17)14-7-6-8-15(11-14)18-20-19-13(3)22-18/h4-12H,1-3H3. The Labute approximate surface area is 129 Å². The molecule has 112 valence electrons. The van der Waals surface area contributed by atoms with Crippen LogP contribution in [0.4, 0.5) is 0 Å². The largest absolute Gasteiger partial charge is 0.490 e. The minimum absolute atomic E-state index is 0.128. The first-order valence-electron chi connectivity index (χ1n) is 7.30. The highest BCUT2D eigenvalue weighted by atomic mass is 16.5. The first-order chi connectivity index (χ1) is 10.6. The van der Waals surface area contributed by atoms with Gasteiger partial charge in [0.2, 0.25) is 11.8 Å². The van der Waals surface area contributed by atoms with Crippen LogP contribution < -0.4 is 4.74 Å². The van der Waals surface area contributed by atoms with E-state index in [1.165, 1.54) is 0 Å². The third-order valence-electron chi connectivity index (χ3n) is 3.20. The van der Waals surface area contributed by atoms with E-state index < -0.39 is 0 Å². The lowest BCUT2D eigenvalue weighted by Gasteiger charge is -2.14. The van der Waals surface area contributed by atoms with Gasteiger partial charge in [0.1, 0.15) is 5.75 Å². The van der Waals surface area contributed by atoms with Crippen LogP contribution in [0.15, 0.2) is 52.9 Å². The van der Waals surface area contributed by atoms with Crippen molar-refractivity contribution >= 4 is 0 Å². The number of rotatable bonds is 4. The summed E-state index contributed by atoms with van der Waals surface area (Å²) in [5.74, 6) is 1.96. The lowest BCUT2D eigenvalue weighted by Crippen LogP contribution is -2.06. The fourth-order valence-corrected chi connectivity index (χ4v) is 2.29. The molecular weight excluding hydrogens is 276 g/mol. The molecule has 4 nitrogen and oxygen atoms in total. The maximum atomic E-state index is 5.90. The zero-order valence-electron chi connectivity index (χ0n) is 12.9. The number of hydrogen-bond acceptors (Lipinski definition) is 4. The van der Waals surface area contributed by atoms with Gasteiger partial charge >= 0.3 is 0 Å². The molecule has 2 aromatic carbocycles. The number of benzene rings is 2. The number of nitrogens with zero attached hydrogens (tertiary/aromatic N) is 2. The molecule has 0 amide bonds. The van der Waals surface area contributed by atoms with E-state index in [1.54, 1.807) is 6.92 Å². The van der Waals surface area contributed by atoms with E-state index in [0.717, 1.165) is 22.4 Å². The van der Waals surface area contributed by atoms with Gasteiger partial charge in [-0.25, -0.2) is 0 Å². The predicted molar refractivity (Wildman–Crippen MR) is 85.7 cm³/mol. The van der Waals surface area contributed by atoms with Gasteiger partial charge in [-0.15, -0.1) is 10.2 Å². The summed E-state index contributed by atoms with van der Waals surface area (Å²) in [5.41, 5.74) is 3.01. The molecule has 22 heavy (non-hydrogen) atoms. The second kappa shape index (κ2) is 6.02. The molecule has 3 aromatic rings. The lowest BCUT2D eigenvalue weighted by atomic mass is 10.0. The Morgan fingerprint density at radius 1 is 0.955 bits per heavy atom. The molecule has 0 aliphatic carbocycles. The molecule has 3 rings (SSSR count). The van der Waals surface area contributed by atoms with Gasteiger partial charge in [-0.05, 0) is 37.6 Å². The van der Waals surface area contributed by atoms with Crippen molar-refractivity contribution in [2.24, 2.45) is 0 Å². The van der Waals surface area contributed by atoms with E-state index in [-0.39, 0.29) is 6.10 Å². The van der Waals surface area contributed by atoms with Gasteiger partial charge in [-0.2, -0.15) is 0 Å². The minimum Gasteiger partial charge on any atom is -0.490 e. The summed E-state index contributed by atoms with van der Waals surface area (Å²) in [6.45, 7) is 5.83. The number of aromatic nitrogens is 2. The fourth-order valence-electron chi connectivity index (χ4n) is 2.29. The predicted octanol–water partition coefficient (Wildman–Crippen LogP) is 4.50. The molecule has 0 aliphatic heterocycles. The third kappa shape index (κ3) is 3.01. The number of aryl methyl sites for hydroxylation is 1. The Balaban J connectivity index is 2.03. The molecule has 0 N–H and O–H groups in total. The summed E-state index contributed by atoms with van der Waals surface area (Å²) in [5, 5.41) is 7.95. The Morgan fingerprint density at radius 2 is 1.73 bits per heavy atom. The molecule has 0 spiro atoms. The van der Waals surface area contributed by atoms with Crippen molar-refractivity contribution in [1.82, 2.24) is 10.2 Å². The van der Waals surface area contributed by atoms with Gasteiger partial charge in [0.05, 0.1) is 6.10 Å². The Hall–Kier alpha value is -2.62. The van der Waals surface area contributed by atoms with Crippen molar-refractivity contribution in [3.8, 4) is 28.3 Å². The molecular formula is C18H18N2O2. The molecule has 1 heterocycles. The molecule has 1 aromatic heterocycles. The fraction of sp³-hybridized carbons (Fsp3) is 0.222. The van der Waals surface area contributed by atoms with Crippen LogP contribution in [0, 0.1) is 6.92 Å². The van der Waals surface area contributed by atoms with Gasteiger partial charge in [0.15, 0.2) is 0 Å². The summed E-state index contributed by atoms with van der Waals surface area (Å²) in [7, 11) is 0. The Bertz CT molecular complexity index is 778. The molecule has 0 aliphatic rings. The molecule has 0 bridgehead atoms. The van der Waals surface area contributed by atoms with Crippen molar-refractivity contribution < 1.29 is 9.15 Å². The van der Waals surface area contributed by atoms with Crippen LogP contribution >= 0.6 is 0 Å². The first-order valence-corrected chi connectivity index (χ1v) is 7.30. The van der Waals surface area contributed by atoms with Crippen LogP contribution in [0.3, 0.4) is 0 Å². The van der Waals surface area contributed by atoms with Crippen molar-refractivity contribution in [2.45, 2.75) is 26.9 Å². The van der Waals surface area contributed by atoms with Gasteiger partial charge in [-0.1, -0.05) is 30.3 Å². The smallest absolute Gasteiger partial charge is 0.247 e. The summed E-state index contributed by atoms with van der Waals surface area (Å²) in [4.78, 5) is 0. The van der Waals surface area contributed by atoms with E-state index in [2.05, 4.69) is 22.3 Å². The zero-order valence-corrected chi connectivity index (χ0v) is 12.9. The van der Waals surface area contributed by atoms with E-state index >= 15 is 0 Å². The van der Waals surface area contributed by atoms with Gasteiger partial charge < -0.3 is 9.15 Å². The molecule has 0 radical (unpaired) electrons. The molecule has 0 saturated heterocycles. The van der Waals surface area contributed by atoms with E-state index in [1.807, 2.05) is 50.2 Å². The van der Waals surface area contributed by atoms with Crippen molar-refractivity contribution in [1.29, 1.82) is 0 Å². The molecule has 0 fully saturated rings.